The Morgan fingerprint density at radius 1 is 0.964 bits per heavy atom. The molecule has 144 valence electrons. The summed E-state index contributed by atoms with van der Waals surface area (Å²) in [6, 6.07) is 19.0. The molecule has 0 fully saturated rings. The smallest absolute Gasteiger partial charge is 0.277 e. The summed E-state index contributed by atoms with van der Waals surface area (Å²) in [5, 5.41) is 6.11. The van der Waals surface area contributed by atoms with E-state index in [4.69, 9.17) is 14.2 Å². The van der Waals surface area contributed by atoms with Crippen LogP contribution in [-0.4, -0.2) is 32.4 Å². The monoisotopic (exact) mass is 378 g/mol. The molecule has 0 aliphatic heterocycles. The van der Waals surface area contributed by atoms with Crippen LogP contribution >= 0.6 is 0 Å². The number of hydrogen-bond donors (Lipinski definition) is 1. The number of benzene rings is 3. The molecule has 0 aliphatic carbocycles. The van der Waals surface area contributed by atoms with Gasteiger partial charge in [0.05, 0.1) is 19.9 Å². The molecule has 0 atom stereocenters. The average Bonchev–Trinajstić information content (AvgIpc) is 2.73. The summed E-state index contributed by atoms with van der Waals surface area (Å²) in [5.74, 6) is 1.42. The summed E-state index contributed by atoms with van der Waals surface area (Å²) >= 11 is 0. The molecule has 0 aliphatic rings. The Kier molecular flexibility index (Phi) is 6.46. The molecule has 28 heavy (non-hydrogen) atoms. The maximum Gasteiger partial charge on any atom is 0.277 e. The fourth-order valence-corrected chi connectivity index (χ4v) is 2.78. The lowest BCUT2D eigenvalue weighted by Gasteiger charge is -2.11. The van der Waals surface area contributed by atoms with Crippen LogP contribution in [0.25, 0.3) is 10.8 Å². The lowest BCUT2D eigenvalue weighted by Crippen LogP contribution is -2.24. The predicted octanol–water partition coefficient (Wildman–Crippen LogP) is 3.78. The van der Waals surface area contributed by atoms with Gasteiger partial charge in [-0.25, -0.2) is 5.43 Å². The lowest BCUT2D eigenvalue weighted by atomic mass is 10.0. The number of fused-ring (bicyclic) bond motifs is 1. The average molecular weight is 378 g/mol. The quantitative estimate of drug-likeness (QED) is 0.478. The minimum Gasteiger partial charge on any atom is -0.496 e. The molecule has 0 unspecified atom stereocenters. The Hall–Kier alpha value is -3.54. The van der Waals surface area contributed by atoms with Crippen molar-refractivity contribution in [2.75, 3.05) is 20.3 Å². The van der Waals surface area contributed by atoms with Crippen LogP contribution in [0.2, 0.25) is 0 Å². The van der Waals surface area contributed by atoms with Crippen molar-refractivity contribution >= 4 is 22.9 Å². The van der Waals surface area contributed by atoms with E-state index in [1.807, 2.05) is 55.5 Å². The van der Waals surface area contributed by atoms with Crippen LogP contribution in [0.4, 0.5) is 0 Å². The molecule has 0 heterocycles. The highest BCUT2D eigenvalue weighted by Gasteiger charge is 2.08. The summed E-state index contributed by atoms with van der Waals surface area (Å²) in [6.45, 7) is 2.23. The van der Waals surface area contributed by atoms with Gasteiger partial charge >= 0.3 is 0 Å². The predicted molar refractivity (Wildman–Crippen MR) is 109 cm³/mol. The van der Waals surface area contributed by atoms with Crippen LogP contribution in [0.3, 0.4) is 0 Å². The van der Waals surface area contributed by atoms with Gasteiger partial charge in [0.2, 0.25) is 0 Å². The van der Waals surface area contributed by atoms with Crippen molar-refractivity contribution in [3.05, 3.63) is 66.2 Å². The van der Waals surface area contributed by atoms with Crippen molar-refractivity contribution in [1.29, 1.82) is 0 Å². The fourth-order valence-electron chi connectivity index (χ4n) is 2.78. The molecule has 0 saturated carbocycles. The second-order valence-corrected chi connectivity index (χ2v) is 5.86. The molecular formula is C22H22N2O4. The topological polar surface area (TPSA) is 69.2 Å². The molecule has 6 heteroatoms. The van der Waals surface area contributed by atoms with Gasteiger partial charge in [0.15, 0.2) is 18.1 Å². The van der Waals surface area contributed by atoms with E-state index in [0.717, 1.165) is 16.3 Å². The van der Waals surface area contributed by atoms with Gasteiger partial charge in [-0.1, -0.05) is 42.5 Å². The van der Waals surface area contributed by atoms with Gasteiger partial charge in [-0.2, -0.15) is 5.10 Å². The molecule has 3 rings (SSSR count). The SMILES string of the molecule is CCOc1ccccc1OCC(=O)N/N=C/c1c(OC)ccc2ccccc12. The van der Waals surface area contributed by atoms with Crippen LogP contribution in [-0.2, 0) is 4.79 Å². The van der Waals surface area contributed by atoms with Gasteiger partial charge in [-0.05, 0) is 35.9 Å². The Balaban J connectivity index is 1.65. The Labute approximate surface area is 163 Å². The molecule has 0 bridgehead atoms. The molecule has 3 aromatic rings. The number of hydrogen-bond acceptors (Lipinski definition) is 5. The minimum atomic E-state index is -0.373. The number of ether oxygens (including phenoxy) is 3. The third-order valence-corrected chi connectivity index (χ3v) is 4.04. The third-order valence-electron chi connectivity index (χ3n) is 4.04. The van der Waals surface area contributed by atoms with Crippen molar-refractivity contribution in [1.82, 2.24) is 5.43 Å². The van der Waals surface area contributed by atoms with E-state index >= 15 is 0 Å². The summed E-state index contributed by atoms with van der Waals surface area (Å²) in [4.78, 5) is 12.1. The van der Waals surface area contributed by atoms with Crippen LogP contribution in [0.5, 0.6) is 17.2 Å². The Morgan fingerprint density at radius 3 is 2.43 bits per heavy atom. The van der Waals surface area contributed by atoms with Crippen LogP contribution in [0, 0.1) is 0 Å². The number of hydrazone groups is 1. The van der Waals surface area contributed by atoms with E-state index in [-0.39, 0.29) is 12.5 Å². The molecular weight excluding hydrogens is 356 g/mol. The summed E-state index contributed by atoms with van der Waals surface area (Å²) in [5.41, 5.74) is 3.27. The second kappa shape index (κ2) is 9.41. The van der Waals surface area contributed by atoms with Crippen LogP contribution in [0.15, 0.2) is 65.8 Å². The van der Waals surface area contributed by atoms with Crippen molar-refractivity contribution in [2.24, 2.45) is 5.10 Å². The molecule has 1 N–H and O–H groups in total. The maximum atomic E-state index is 12.1. The van der Waals surface area contributed by atoms with E-state index in [2.05, 4.69) is 10.5 Å². The highest BCUT2D eigenvalue weighted by atomic mass is 16.5. The molecule has 1 amide bonds. The van der Waals surface area contributed by atoms with E-state index < -0.39 is 0 Å². The van der Waals surface area contributed by atoms with Gasteiger partial charge in [0.1, 0.15) is 5.75 Å². The first-order chi connectivity index (χ1) is 13.7. The lowest BCUT2D eigenvalue weighted by molar-refractivity contribution is -0.123. The number of nitrogens with one attached hydrogen (secondary N) is 1. The fraction of sp³-hybridized carbons (Fsp3) is 0.182. The Bertz CT molecular complexity index is 985. The highest BCUT2D eigenvalue weighted by molar-refractivity contribution is 6.02. The zero-order chi connectivity index (χ0) is 19.8. The van der Waals surface area contributed by atoms with E-state index in [9.17, 15) is 4.79 Å². The first-order valence-corrected chi connectivity index (χ1v) is 8.95. The summed E-state index contributed by atoms with van der Waals surface area (Å²) in [7, 11) is 1.60. The zero-order valence-corrected chi connectivity index (χ0v) is 15.8. The normalized spacial score (nSPS) is 10.8. The van der Waals surface area contributed by atoms with Gasteiger partial charge in [0.25, 0.3) is 5.91 Å². The standard InChI is InChI=1S/C22H22N2O4/c1-3-27-20-10-6-7-11-21(20)28-15-22(25)24-23-14-18-17-9-5-4-8-16(17)12-13-19(18)26-2/h4-14H,3,15H2,1-2H3,(H,24,25)/b23-14+. The first kappa shape index (κ1) is 19.2. The van der Waals surface area contributed by atoms with E-state index in [0.29, 0.717) is 23.9 Å². The second-order valence-electron chi connectivity index (χ2n) is 5.86. The van der Waals surface area contributed by atoms with E-state index in [1.165, 1.54) is 0 Å². The first-order valence-electron chi connectivity index (χ1n) is 8.95. The van der Waals surface area contributed by atoms with Crippen LogP contribution < -0.4 is 19.6 Å². The largest absolute Gasteiger partial charge is 0.496 e. The third kappa shape index (κ3) is 4.59. The highest BCUT2D eigenvalue weighted by Crippen LogP contribution is 2.27. The number of amides is 1. The molecule has 0 radical (unpaired) electrons. The molecule has 0 aromatic heterocycles. The van der Waals surface area contributed by atoms with Crippen molar-refractivity contribution in [3.63, 3.8) is 0 Å². The number of para-hydroxylation sites is 2. The summed E-state index contributed by atoms with van der Waals surface area (Å²) < 4.78 is 16.4. The van der Waals surface area contributed by atoms with Gasteiger partial charge in [0, 0.05) is 5.56 Å². The van der Waals surface area contributed by atoms with Crippen molar-refractivity contribution in [2.45, 2.75) is 6.92 Å². The summed E-state index contributed by atoms with van der Waals surface area (Å²) in [6.07, 6.45) is 1.58. The molecule has 0 saturated heterocycles. The van der Waals surface area contributed by atoms with Crippen molar-refractivity contribution in [3.8, 4) is 17.2 Å². The molecule has 0 spiro atoms. The molecule has 6 nitrogen and oxygen atoms in total. The van der Waals surface area contributed by atoms with Crippen LogP contribution in [0.1, 0.15) is 12.5 Å². The van der Waals surface area contributed by atoms with E-state index in [1.54, 1.807) is 25.5 Å². The zero-order valence-electron chi connectivity index (χ0n) is 15.8. The van der Waals surface area contributed by atoms with Crippen molar-refractivity contribution < 1.29 is 19.0 Å². The van der Waals surface area contributed by atoms with Gasteiger partial charge < -0.3 is 14.2 Å². The Morgan fingerprint density at radius 2 is 1.68 bits per heavy atom. The number of rotatable bonds is 8. The number of methoxy groups -OCH3 is 1. The molecule has 3 aromatic carbocycles. The van der Waals surface area contributed by atoms with Gasteiger partial charge in [-0.3, -0.25) is 4.79 Å². The number of carbonyl (C=O) groups excluding carboxylic acids is 1. The van der Waals surface area contributed by atoms with Gasteiger partial charge in [-0.15, -0.1) is 0 Å². The minimum absolute atomic E-state index is 0.173. The number of carbonyl (C=O) groups is 1. The maximum absolute atomic E-state index is 12.1. The number of nitrogens with zero attached hydrogens (tertiary/aromatic N) is 1.